The minimum absolute atomic E-state index is 0.125. The zero-order valence-electron chi connectivity index (χ0n) is 35.0. The number of piperidine rings is 3. The van der Waals surface area contributed by atoms with E-state index in [1.165, 1.54) is 13.7 Å². The highest BCUT2D eigenvalue weighted by Crippen LogP contribution is 2.52. The van der Waals surface area contributed by atoms with Crippen LogP contribution in [0.3, 0.4) is 0 Å². The number of anilines is 2. The second-order valence-electron chi connectivity index (χ2n) is 16.9. The lowest BCUT2D eigenvalue weighted by Crippen LogP contribution is -2.59. The third kappa shape index (κ3) is 6.72. The van der Waals surface area contributed by atoms with Crippen LogP contribution in [0.4, 0.5) is 20.3 Å². The van der Waals surface area contributed by atoms with Gasteiger partial charge in [-0.1, -0.05) is 6.07 Å². The Labute approximate surface area is 350 Å². The van der Waals surface area contributed by atoms with Crippen molar-refractivity contribution >= 4 is 45.1 Å². The zero-order valence-corrected chi connectivity index (χ0v) is 35.0. The van der Waals surface area contributed by atoms with Crippen LogP contribution in [0, 0.1) is 5.41 Å². The second-order valence-corrected chi connectivity index (χ2v) is 16.9. The highest BCUT2D eigenvalue weighted by Gasteiger charge is 2.57. The summed E-state index contributed by atoms with van der Waals surface area (Å²) in [6.07, 6.45) is 4.71. The number of ether oxygens (including phenoxy) is 3. The molecule has 17 heteroatoms. The van der Waals surface area contributed by atoms with E-state index in [0.29, 0.717) is 72.6 Å². The SMILES string of the molecule is COc1cc(-c2cn(C)c(=O)c3cnc(N4CC(OC)C4)cc23)cc(OC)c1CN1CCC2(CCN(c3cccc4c3n(C)c(=O)n4C3CCC(=O)NC3=O)CC2)C(F)(F)C1. The first-order chi connectivity index (χ1) is 29.3. The number of benzene rings is 2. The predicted octanol–water partition coefficient (Wildman–Crippen LogP) is 4.21. The number of rotatable bonds is 9. The summed E-state index contributed by atoms with van der Waals surface area (Å²) in [5.74, 6) is -2.15. The van der Waals surface area contributed by atoms with Gasteiger partial charge in [0, 0.05) is 89.1 Å². The normalized spacial score (nSPS) is 20.7. The fraction of sp³-hybridized carbons (Fsp3) is 0.477. The van der Waals surface area contributed by atoms with Crippen LogP contribution in [0.2, 0.25) is 0 Å². The average Bonchev–Trinajstić information content (AvgIpc) is 3.49. The number of halogens is 2. The van der Waals surface area contributed by atoms with Gasteiger partial charge in [0.1, 0.15) is 23.4 Å². The van der Waals surface area contributed by atoms with Gasteiger partial charge in [0.15, 0.2) is 0 Å². The molecule has 15 nitrogen and oxygen atoms in total. The number of aryl methyl sites for hydroxylation is 2. The number of carbonyl (C=O) groups excluding carboxylic acids is 2. The highest BCUT2D eigenvalue weighted by molar-refractivity contribution is 6.01. The van der Waals surface area contributed by atoms with Gasteiger partial charge in [0.05, 0.1) is 54.5 Å². The van der Waals surface area contributed by atoms with Crippen molar-refractivity contribution in [3.8, 4) is 22.6 Å². The maximum atomic E-state index is 16.6. The third-order valence-corrected chi connectivity index (χ3v) is 13.6. The molecule has 5 aromatic rings. The van der Waals surface area contributed by atoms with Crippen LogP contribution in [0.5, 0.6) is 11.5 Å². The Hall–Kier alpha value is -5.81. The summed E-state index contributed by atoms with van der Waals surface area (Å²) >= 11 is 0. The molecular formula is C44H50F2N8O7. The number of amides is 2. The van der Waals surface area contributed by atoms with Crippen LogP contribution in [-0.2, 0) is 35.0 Å². The Kier molecular flexibility index (Phi) is 10.2. The van der Waals surface area contributed by atoms with Crippen LogP contribution in [0.1, 0.15) is 43.7 Å². The summed E-state index contributed by atoms with van der Waals surface area (Å²) in [6.45, 7) is 2.35. The van der Waals surface area contributed by atoms with Gasteiger partial charge in [-0.3, -0.25) is 33.7 Å². The molecule has 7 heterocycles. The number of nitrogens with zero attached hydrogens (tertiary/aromatic N) is 7. The van der Waals surface area contributed by atoms with E-state index >= 15 is 8.78 Å². The Balaban J connectivity index is 0.939. The molecule has 9 rings (SSSR count). The molecule has 3 aromatic heterocycles. The Morgan fingerprint density at radius 1 is 0.902 bits per heavy atom. The van der Waals surface area contributed by atoms with Crippen LogP contribution in [-0.4, -0.2) is 108 Å². The van der Waals surface area contributed by atoms with E-state index in [0.717, 1.165) is 28.0 Å². The van der Waals surface area contributed by atoms with E-state index in [1.807, 2.05) is 30.3 Å². The van der Waals surface area contributed by atoms with E-state index in [1.54, 1.807) is 58.8 Å². The van der Waals surface area contributed by atoms with Gasteiger partial charge in [-0.25, -0.2) is 18.6 Å². The molecule has 4 aliphatic rings. The molecule has 0 radical (unpaired) electrons. The fourth-order valence-corrected chi connectivity index (χ4v) is 9.96. The lowest BCUT2D eigenvalue weighted by molar-refractivity contribution is -0.179. The quantitative estimate of drug-likeness (QED) is 0.213. The standard InChI is InChI=1S/C44H50F2N8O7/c1-49-23-30(28-19-37(47-20-29(28)41(49)57)53-21-27(22-53)59-3)26-17-35(60-4)31(36(18-26)61-5)24-51-14-11-43(44(45,46)25-51)12-15-52(16-13-43)32-7-6-8-33-39(32)50(2)42(58)54(33)34-9-10-38(55)48-40(34)56/h6-8,17-20,23,27,34H,9-16,21-22,24-25H2,1-5H3,(H,48,55,56). The maximum absolute atomic E-state index is 16.6. The number of imidazole rings is 1. The Bertz CT molecular complexity index is 2670. The van der Waals surface area contributed by atoms with Crippen molar-refractivity contribution in [2.45, 2.75) is 56.7 Å². The number of alkyl halides is 2. The van der Waals surface area contributed by atoms with E-state index in [2.05, 4.69) is 20.1 Å². The minimum Gasteiger partial charge on any atom is -0.496 e. The number of nitrogens with one attached hydrogen (secondary N) is 1. The number of fused-ring (bicyclic) bond motifs is 2. The molecule has 0 aliphatic carbocycles. The molecule has 0 bridgehead atoms. The molecule has 2 aromatic carbocycles. The molecule has 0 saturated carbocycles. The molecule has 1 atom stereocenters. The van der Waals surface area contributed by atoms with Crippen LogP contribution < -0.4 is 35.8 Å². The number of hydrogen-bond acceptors (Lipinski definition) is 11. The van der Waals surface area contributed by atoms with E-state index in [9.17, 15) is 19.2 Å². The van der Waals surface area contributed by atoms with Crippen molar-refractivity contribution in [1.29, 1.82) is 0 Å². The van der Waals surface area contributed by atoms with Crippen molar-refractivity contribution < 1.29 is 32.6 Å². The molecule has 4 aliphatic heterocycles. The summed E-state index contributed by atoms with van der Waals surface area (Å²) in [4.78, 5) is 61.9. The van der Waals surface area contributed by atoms with Gasteiger partial charge in [-0.15, -0.1) is 0 Å². The summed E-state index contributed by atoms with van der Waals surface area (Å²) in [7, 11) is 8.13. The first-order valence-electron chi connectivity index (χ1n) is 20.7. The number of para-hydroxylation sites is 1. The second kappa shape index (κ2) is 15.3. The minimum atomic E-state index is -3.00. The van der Waals surface area contributed by atoms with E-state index in [-0.39, 0.29) is 55.5 Å². The summed E-state index contributed by atoms with van der Waals surface area (Å²) in [5, 5.41) is 3.54. The van der Waals surface area contributed by atoms with E-state index < -0.39 is 29.8 Å². The predicted molar refractivity (Wildman–Crippen MR) is 226 cm³/mol. The third-order valence-electron chi connectivity index (χ3n) is 13.6. The van der Waals surface area contributed by atoms with Gasteiger partial charge in [0.25, 0.3) is 11.5 Å². The van der Waals surface area contributed by atoms with Gasteiger partial charge < -0.3 is 28.6 Å². The number of pyridine rings is 2. The van der Waals surface area contributed by atoms with Gasteiger partial charge in [-0.05, 0) is 68.1 Å². The molecule has 322 valence electrons. The van der Waals surface area contributed by atoms with Gasteiger partial charge >= 0.3 is 5.69 Å². The highest BCUT2D eigenvalue weighted by atomic mass is 19.3. The maximum Gasteiger partial charge on any atom is 0.329 e. The average molecular weight is 841 g/mol. The largest absolute Gasteiger partial charge is 0.496 e. The summed E-state index contributed by atoms with van der Waals surface area (Å²) in [5.41, 5.74) is 2.37. The number of methoxy groups -OCH3 is 3. The van der Waals surface area contributed by atoms with Crippen LogP contribution in [0.15, 0.2) is 58.4 Å². The monoisotopic (exact) mass is 840 g/mol. The molecule has 1 unspecified atom stereocenters. The molecular weight excluding hydrogens is 791 g/mol. The number of imide groups is 1. The molecule has 61 heavy (non-hydrogen) atoms. The molecule has 1 N–H and O–H groups in total. The molecule has 4 fully saturated rings. The van der Waals surface area contributed by atoms with Gasteiger partial charge in [0.2, 0.25) is 11.8 Å². The van der Waals surface area contributed by atoms with E-state index in [4.69, 9.17) is 14.2 Å². The van der Waals surface area contributed by atoms with Crippen LogP contribution >= 0.6 is 0 Å². The number of hydrogen-bond donors (Lipinski definition) is 1. The number of carbonyl (C=O) groups is 2. The number of likely N-dealkylation sites (tertiary alicyclic amines) is 1. The first kappa shape index (κ1) is 40.6. The first-order valence-corrected chi connectivity index (χ1v) is 20.7. The van der Waals surface area contributed by atoms with Crippen molar-refractivity contribution in [2.24, 2.45) is 19.5 Å². The van der Waals surface area contributed by atoms with Crippen molar-refractivity contribution in [1.82, 2.24) is 28.9 Å². The molecule has 2 amide bonds. The smallest absolute Gasteiger partial charge is 0.329 e. The summed E-state index contributed by atoms with van der Waals surface area (Å²) < 4.78 is 55.0. The Morgan fingerprint density at radius 3 is 2.26 bits per heavy atom. The lowest BCUT2D eigenvalue weighted by atomic mass is 9.68. The summed E-state index contributed by atoms with van der Waals surface area (Å²) in [6, 6.07) is 10.3. The fourth-order valence-electron chi connectivity index (χ4n) is 9.96. The molecule has 1 spiro atoms. The van der Waals surface area contributed by atoms with Crippen molar-refractivity contribution in [3.63, 3.8) is 0 Å². The Morgan fingerprint density at radius 2 is 1.61 bits per heavy atom. The van der Waals surface area contributed by atoms with Gasteiger partial charge in [-0.2, -0.15) is 0 Å². The van der Waals surface area contributed by atoms with Crippen LogP contribution in [0.25, 0.3) is 32.9 Å². The zero-order chi connectivity index (χ0) is 43.0. The topological polar surface area (TPSA) is 145 Å². The van der Waals surface area contributed by atoms with Crippen molar-refractivity contribution in [3.05, 3.63) is 75.2 Å². The molecule has 4 saturated heterocycles. The van der Waals surface area contributed by atoms with Crippen molar-refractivity contribution in [2.75, 3.05) is 70.4 Å². The number of aromatic nitrogens is 4. The lowest BCUT2D eigenvalue weighted by Gasteiger charge is -2.51.